The highest BCUT2D eigenvalue weighted by Gasteiger charge is 2.37. The average molecular weight is 321 g/mol. The first-order valence-electron chi connectivity index (χ1n) is 6.90. The highest BCUT2D eigenvalue weighted by Crippen LogP contribution is 2.36. The van der Waals surface area contributed by atoms with Crippen molar-refractivity contribution >= 4 is 15.7 Å². The molecule has 1 N–H and O–H groups in total. The molecule has 1 unspecified atom stereocenters. The number of nitrogens with one attached hydrogen (secondary N) is 1. The van der Waals surface area contributed by atoms with Crippen LogP contribution in [-0.4, -0.2) is 29.2 Å². The van der Waals surface area contributed by atoms with E-state index in [0.717, 1.165) is 24.6 Å². The van der Waals surface area contributed by atoms with Crippen LogP contribution in [0.2, 0.25) is 0 Å². The highest BCUT2D eigenvalue weighted by atomic mass is 32.2. The molecule has 1 aliphatic heterocycles. The van der Waals surface area contributed by atoms with E-state index in [1.165, 1.54) is 22.5 Å². The van der Waals surface area contributed by atoms with Gasteiger partial charge in [-0.15, -0.1) is 0 Å². The average Bonchev–Trinajstić information content (AvgIpc) is 3.18. The van der Waals surface area contributed by atoms with Gasteiger partial charge >= 0.3 is 0 Å². The Kier molecular flexibility index (Phi) is 3.71. The van der Waals surface area contributed by atoms with Gasteiger partial charge in [0.05, 0.1) is 15.9 Å². The van der Waals surface area contributed by atoms with Crippen molar-refractivity contribution in [3.05, 3.63) is 58.4 Å². The molecule has 116 valence electrons. The fourth-order valence-electron chi connectivity index (χ4n) is 2.78. The number of hydrogen-bond donors (Lipinski definition) is 1. The molecule has 1 aromatic heterocycles. The third-order valence-corrected chi connectivity index (χ3v) is 5.72. The van der Waals surface area contributed by atoms with Crippen LogP contribution in [0.4, 0.5) is 5.69 Å². The maximum Gasteiger partial charge on any atom is 0.270 e. The monoisotopic (exact) mass is 321 g/mol. The third-order valence-electron chi connectivity index (χ3n) is 3.82. The number of H-pyrrole nitrogens is 1. The smallest absolute Gasteiger partial charge is 0.270 e. The molecular formula is C14H15N3O4S. The van der Waals surface area contributed by atoms with Crippen LogP contribution < -0.4 is 0 Å². The Morgan fingerprint density at radius 2 is 2.09 bits per heavy atom. The van der Waals surface area contributed by atoms with Crippen molar-refractivity contribution in [1.82, 2.24) is 9.29 Å². The second-order valence-corrected chi connectivity index (χ2v) is 7.04. The largest absolute Gasteiger partial charge is 0.364 e. The second kappa shape index (κ2) is 5.54. The molecule has 2 heterocycles. The minimum Gasteiger partial charge on any atom is -0.364 e. The number of aromatic nitrogens is 1. The van der Waals surface area contributed by atoms with E-state index in [1.807, 2.05) is 12.1 Å². The zero-order chi connectivity index (χ0) is 15.7. The lowest BCUT2D eigenvalue weighted by atomic mass is 10.2. The molecule has 0 radical (unpaired) electrons. The molecule has 1 aromatic carbocycles. The van der Waals surface area contributed by atoms with Gasteiger partial charge in [-0.3, -0.25) is 10.1 Å². The van der Waals surface area contributed by atoms with Crippen molar-refractivity contribution in [2.24, 2.45) is 0 Å². The Morgan fingerprint density at radius 1 is 1.27 bits per heavy atom. The van der Waals surface area contributed by atoms with Crippen molar-refractivity contribution in [1.29, 1.82) is 0 Å². The molecule has 8 heteroatoms. The van der Waals surface area contributed by atoms with Gasteiger partial charge < -0.3 is 4.98 Å². The van der Waals surface area contributed by atoms with Gasteiger partial charge in [-0.1, -0.05) is 6.07 Å². The van der Waals surface area contributed by atoms with Gasteiger partial charge in [0.1, 0.15) is 0 Å². The maximum atomic E-state index is 12.8. The fraction of sp³-hybridized carbons (Fsp3) is 0.286. The Labute approximate surface area is 127 Å². The summed E-state index contributed by atoms with van der Waals surface area (Å²) < 4.78 is 27.0. The summed E-state index contributed by atoms with van der Waals surface area (Å²) >= 11 is 0. The number of aromatic amines is 1. The Hall–Kier alpha value is -2.19. The Bertz CT molecular complexity index is 786. The van der Waals surface area contributed by atoms with E-state index >= 15 is 0 Å². The molecular weight excluding hydrogens is 306 g/mol. The minimum atomic E-state index is -3.76. The van der Waals surface area contributed by atoms with Gasteiger partial charge in [-0.2, -0.15) is 4.31 Å². The number of nitrogens with zero attached hydrogens (tertiary/aromatic N) is 2. The summed E-state index contributed by atoms with van der Waals surface area (Å²) in [7, 11) is -3.76. The molecule has 3 rings (SSSR count). The topological polar surface area (TPSA) is 96.3 Å². The maximum absolute atomic E-state index is 12.8. The van der Waals surface area contributed by atoms with Gasteiger partial charge in [0.25, 0.3) is 5.69 Å². The number of rotatable bonds is 4. The molecule has 0 bridgehead atoms. The molecule has 0 saturated carbocycles. The van der Waals surface area contributed by atoms with Crippen molar-refractivity contribution in [3.8, 4) is 0 Å². The summed E-state index contributed by atoms with van der Waals surface area (Å²) in [4.78, 5) is 13.3. The first-order chi connectivity index (χ1) is 10.5. The summed E-state index contributed by atoms with van der Waals surface area (Å²) in [6.45, 7) is 0.411. The highest BCUT2D eigenvalue weighted by molar-refractivity contribution is 7.89. The number of sulfonamides is 1. The SMILES string of the molecule is O=[N+]([O-])c1cccc(S(=O)(=O)N2CCCC2c2ccc[nH]2)c1. The molecule has 1 saturated heterocycles. The molecule has 22 heavy (non-hydrogen) atoms. The van der Waals surface area contributed by atoms with Crippen molar-refractivity contribution < 1.29 is 13.3 Å². The molecule has 0 aliphatic carbocycles. The van der Waals surface area contributed by atoms with E-state index in [9.17, 15) is 18.5 Å². The lowest BCUT2D eigenvalue weighted by Gasteiger charge is -2.23. The van der Waals surface area contributed by atoms with E-state index in [1.54, 1.807) is 6.20 Å². The molecule has 0 spiro atoms. The van der Waals surface area contributed by atoms with Crippen LogP contribution in [0.5, 0.6) is 0 Å². The summed E-state index contributed by atoms with van der Waals surface area (Å²) in [6.07, 6.45) is 3.25. The summed E-state index contributed by atoms with van der Waals surface area (Å²) in [5.41, 5.74) is 0.614. The van der Waals surface area contributed by atoms with Crippen LogP contribution in [0.1, 0.15) is 24.6 Å². The van der Waals surface area contributed by atoms with E-state index < -0.39 is 14.9 Å². The standard InChI is InChI=1S/C14H15N3O4S/c18-17(19)11-4-1-5-12(10-11)22(20,21)16-9-3-7-14(16)13-6-2-8-15-13/h1-2,4-6,8,10,14-15H,3,7,9H2. The lowest BCUT2D eigenvalue weighted by molar-refractivity contribution is -0.385. The Balaban J connectivity index is 1.99. The summed E-state index contributed by atoms with van der Waals surface area (Å²) in [5, 5.41) is 10.8. The van der Waals surface area contributed by atoms with Crippen LogP contribution in [-0.2, 0) is 10.0 Å². The zero-order valence-corrected chi connectivity index (χ0v) is 12.5. The number of benzene rings is 1. The first-order valence-corrected chi connectivity index (χ1v) is 8.34. The van der Waals surface area contributed by atoms with Crippen LogP contribution in [0, 0.1) is 10.1 Å². The molecule has 1 atom stereocenters. The lowest BCUT2D eigenvalue weighted by Crippen LogP contribution is -2.30. The number of nitro benzene ring substituents is 1. The van der Waals surface area contributed by atoms with Crippen LogP contribution in [0.15, 0.2) is 47.5 Å². The number of hydrogen-bond acceptors (Lipinski definition) is 4. The second-order valence-electron chi connectivity index (χ2n) is 5.15. The van der Waals surface area contributed by atoms with Crippen LogP contribution in [0.3, 0.4) is 0 Å². The van der Waals surface area contributed by atoms with Crippen LogP contribution >= 0.6 is 0 Å². The molecule has 1 aliphatic rings. The van der Waals surface area contributed by atoms with Gasteiger partial charge in [-0.25, -0.2) is 8.42 Å². The Morgan fingerprint density at radius 3 is 2.77 bits per heavy atom. The van der Waals surface area contributed by atoms with E-state index in [0.29, 0.717) is 6.54 Å². The molecule has 2 aromatic rings. The summed E-state index contributed by atoms with van der Waals surface area (Å²) in [6, 6.07) is 8.61. The van der Waals surface area contributed by atoms with Gasteiger partial charge in [0.15, 0.2) is 0 Å². The van der Waals surface area contributed by atoms with E-state index in [2.05, 4.69) is 4.98 Å². The first kappa shape index (κ1) is 14.7. The van der Waals surface area contributed by atoms with Gasteiger partial charge in [-0.05, 0) is 31.0 Å². The van der Waals surface area contributed by atoms with Crippen molar-refractivity contribution in [3.63, 3.8) is 0 Å². The van der Waals surface area contributed by atoms with Crippen molar-refractivity contribution in [2.45, 2.75) is 23.8 Å². The molecule has 1 fully saturated rings. The predicted molar refractivity (Wildman–Crippen MR) is 79.8 cm³/mol. The van der Waals surface area contributed by atoms with E-state index in [-0.39, 0.29) is 16.6 Å². The van der Waals surface area contributed by atoms with Gasteiger partial charge in [0.2, 0.25) is 10.0 Å². The predicted octanol–water partition coefficient (Wildman–Crippen LogP) is 2.45. The summed E-state index contributed by atoms with van der Waals surface area (Å²) in [5.74, 6) is 0. The normalized spacial score (nSPS) is 19.4. The molecule has 0 amide bonds. The fourth-order valence-corrected chi connectivity index (χ4v) is 4.50. The minimum absolute atomic E-state index is 0.0415. The number of non-ortho nitro benzene ring substituents is 1. The zero-order valence-electron chi connectivity index (χ0n) is 11.7. The quantitative estimate of drug-likeness (QED) is 0.691. The van der Waals surface area contributed by atoms with E-state index in [4.69, 9.17) is 0 Å². The number of nitro groups is 1. The van der Waals surface area contributed by atoms with Gasteiger partial charge in [0, 0.05) is 30.6 Å². The third kappa shape index (κ3) is 2.51. The molecule has 7 nitrogen and oxygen atoms in total. The van der Waals surface area contributed by atoms with Crippen molar-refractivity contribution in [2.75, 3.05) is 6.54 Å². The van der Waals surface area contributed by atoms with Crippen LogP contribution in [0.25, 0.3) is 0 Å².